The number of ether oxygens (including phenoxy) is 3. The van der Waals surface area contributed by atoms with E-state index >= 15 is 0 Å². The fourth-order valence-electron chi connectivity index (χ4n) is 0.746. The molecule has 0 heterocycles. The molecule has 0 amide bonds. The summed E-state index contributed by atoms with van der Waals surface area (Å²) < 4.78 is 14.5. The number of rotatable bonds is 6. The minimum Gasteiger partial charge on any atom is -0.425 e. The van der Waals surface area contributed by atoms with Crippen molar-refractivity contribution in [2.24, 2.45) is 0 Å². The highest BCUT2D eigenvalue weighted by Gasteiger charge is 2.13. The minimum absolute atomic E-state index is 0.0361. The molecule has 0 aromatic heterocycles. The maximum Gasteiger partial charge on any atom is 0.335 e. The first-order chi connectivity index (χ1) is 6.95. The second-order valence-electron chi connectivity index (χ2n) is 3.26. The molecule has 5 nitrogen and oxygen atoms in total. The van der Waals surface area contributed by atoms with Gasteiger partial charge in [0.15, 0.2) is 0 Å². The first kappa shape index (κ1) is 13.9. The third kappa shape index (κ3) is 7.93. The fourth-order valence-corrected chi connectivity index (χ4v) is 0.746. The molecule has 1 atom stereocenters. The Labute approximate surface area is 89.7 Å². The summed E-state index contributed by atoms with van der Waals surface area (Å²) in [7, 11) is 0. The van der Waals surface area contributed by atoms with E-state index in [2.05, 4.69) is 0 Å². The van der Waals surface area contributed by atoms with Crippen LogP contribution in [0.25, 0.3) is 0 Å². The lowest BCUT2D eigenvalue weighted by atomic mass is 10.5. The van der Waals surface area contributed by atoms with Crippen LogP contribution in [0.4, 0.5) is 0 Å². The number of hydrogen-bond donors (Lipinski definition) is 0. The molecule has 0 aliphatic heterocycles. The third-order valence-corrected chi connectivity index (χ3v) is 1.42. The third-order valence-electron chi connectivity index (χ3n) is 1.42. The van der Waals surface area contributed by atoms with Crippen molar-refractivity contribution >= 4 is 11.9 Å². The quantitative estimate of drug-likeness (QED) is 0.496. The van der Waals surface area contributed by atoms with E-state index in [9.17, 15) is 9.59 Å². The molecule has 0 spiro atoms. The zero-order valence-corrected chi connectivity index (χ0v) is 9.61. The lowest BCUT2D eigenvalue weighted by molar-refractivity contribution is -0.187. The highest BCUT2D eigenvalue weighted by molar-refractivity contribution is 5.72. The fraction of sp³-hybridized carbons (Fsp3) is 0.800. The topological polar surface area (TPSA) is 61.8 Å². The summed E-state index contributed by atoms with van der Waals surface area (Å²) in [6.07, 6.45) is -0.642. The average Bonchev–Trinajstić information content (AvgIpc) is 2.14. The highest BCUT2D eigenvalue weighted by Crippen LogP contribution is 1.98. The van der Waals surface area contributed by atoms with Crippen LogP contribution in [0.3, 0.4) is 0 Å². The van der Waals surface area contributed by atoms with Crippen LogP contribution in [0.1, 0.15) is 34.1 Å². The van der Waals surface area contributed by atoms with E-state index in [4.69, 9.17) is 14.2 Å². The molecule has 5 heteroatoms. The molecule has 0 aromatic rings. The number of esters is 2. The van der Waals surface area contributed by atoms with Crippen molar-refractivity contribution in [3.05, 3.63) is 0 Å². The summed E-state index contributed by atoms with van der Waals surface area (Å²) in [6, 6.07) is 0. The van der Waals surface area contributed by atoms with Gasteiger partial charge in [0.2, 0.25) is 6.29 Å². The van der Waals surface area contributed by atoms with E-state index in [-0.39, 0.29) is 19.1 Å². The summed E-state index contributed by atoms with van der Waals surface area (Å²) in [5.74, 6) is -0.944. The van der Waals surface area contributed by atoms with Gasteiger partial charge in [0, 0.05) is 13.3 Å². The number of hydrogen-bond acceptors (Lipinski definition) is 5. The van der Waals surface area contributed by atoms with Crippen LogP contribution >= 0.6 is 0 Å². The molecule has 0 saturated heterocycles. The van der Waals surface area contributed by atoms with Crippen molar-refractivity contribution in [1.82, 2.24) is 0 Å². The molecule has 0 aliphatic rings. The molecule has 0 aliphatic carbocycles. The summed E-state index contributed by atoms with van der Waals surface area (Å²) >= 11 is 0. The smallest absolute Gasteiger partial charge is 0.335 e. The van der Waals surface area contributed by atoms with E-state index < -0.39 is 18.2 Å². The zero-order valence-electron chi connectivity index (χ0n) is 9.61. The summed E-state index contributed by atoms with van der Waals surface area (Å²) in [6.45, 7) is 6.65. The van der Waals surface area contributed by atoms with Gasteiger partial charge in [-0.1, -0.05) is 6.92 Å². The molecular formula is C10H18O5. The Morgan fingerprint density at radius 2 is 1.60 bits per heavy atom. The molecule has 0 bridgehead atoms. The maximum absolute atomic E-state index is 11.1. The van der Waals surface area contributed by atoms with Crippen molar-refractivity contribution in [3.63, 3.8) is 0 Å². The normalized spacial score (nSPS) is 12.3. The van der Waals surface area contributed by atoms with Crippen LogP contribution in [0, 0.1) is 0 Å². The van der Waals surface area contributed by atoms with Crippen molar-refractivity contribution < 1.29 is 23.8 Å². The van der Waals surface area contributed by atoms with Gasteiger partial charge in [0.25, 0.3) is 0 Å². The predicted molar refractivity (Wildman–Crippen MR) is 53.0 cm³/mol. The van der Waals surface area contributed by atoms with Crippen molar-refractivity contribution in [2.75, 3.05) is 6.61 Å². The van der Waals surface area contributed by atoms with Crippen LogP contribution in [-0.4, -0.2) is 30.9 Å². The van der Waals surface area contributed by atoms with Gasteiger partial charge >= 0.3 is 11.9 Å². The number of carbonyl (C=O) groups excluding carboxylic acids is 2. The van der Waals surface area contributed by atoms with Gasteiger partial charge in [0.1, 0.15) is 6.61 Å². The van der Waals surface area contributed by atoms with Gasteiger partial charge in [-0.25, -0.2) is 4.79 Å². The van der Waals surface area contributed by atoms with Crippen LogP contribution in [-0.2, 0) is 23.8 Å². The van der Waals surface area contributed by atoms with Crippen LogP contribution in [0.2, 0.25) is 0 Å². The lowest BCUT2D eigenvalue weighted by Gasteiger charge is -2.14. The summed E-state index contributed by atoms with van der Waals surface area (Å²) in [5, 5.41) is 0. The Bertz CT molecular complexity index is 212. The van der Waals surface area contributed by atoms with E-state index in [1.54, 1.807) is 6.92 Å². The second kappa shape index (κ2) is 7.23. The molecule has 0 aromatic carbocycles. The Hall–Kier alpha value is -1.10. The van der Waals surface area contributed by atoms with Crippen molar-refractivity contribution in [2.45, 2.75) is 46.5 Å². The SMILES string of the molecule is CCC(=O)OC(C)OC(=O)COC(C)C. The van der Waals surface area contributed by atoms with Crippen LogP contribution in [0.15, 0.2) is 0 Å². The minimum atomic E-state index is -0.860. The molecule has 88 valence electrons. The molecule has 0 saturated carbocycles. The van der Waals surface area contributed by atoms with E-state index in [1.807, 2.05) is 13.8 Å². The second-order valence-corrected chi connectivity index (χ2v) is 3.26. The van der Waals surface area contributed by atoms with Gasteiger partial charge in [-0.3, -0.25) is 4.79 Å². The lowest BCUT2D eigenvalue weighted by Crippen LogP contribution is -2.24. The van der Waals surface area contributed by atoms with Gasteiger partial charge in [-0.15, -0.1) is 0 Å². The highest BCUT2D eigenvalue weighted by atomic mass is 16.7. The standard InChI is InChI=1S/C10H18O5/c1-5-9(11)14-8(4)15-10(12)6-13-7(2)3/h7-8H,5-6H2,1-4H3. The maximum atomic E-state index is 11.1. The van der Waals surface area contributed by atoms with Gasteiger partial charge in [-0.2, -0.15) is 0 Å². The van der Waals surface area contributed by atoms with Crippen molar-refractivity contribution in [1.29, 1.82) is 0 Å². The zero-order chi connectivity index (χ0) is 11.8. The van der Waals surface area contributed by atoms with Crippen molar-refractivity contribution in [3.8, 4) is 0 Å². The Balaban J connectivity index is 3.71. The Morgan fingerprint density at radius 1 is 1.07 bits per heavy atom. The molecule has 0 rings (SSSR count). The summed E-state index contributed by atoms with van der Waals surface area (Å²) in [5.41, 5.74) is 0. The van der Waals surface area contributed by atoms with Gasteiger partial charge in [0.05, 0.1) is 6.10 Å². The van der Waals surface area contributed by atoms with E-state index in [0.717, 1.165) is 0 Å². The van der Waals surface area contributed by atoms with E-state index in [1.165, 1.54) is 6.92 Å². The molecule has 0 N–H and O–H groups in total. The molecule has 0 fully saturated rings. The van der Waals surface area contributed by atoms with Crippen LogP contribution in [0.5, 0.6) is 0 Å². The van der Waals surface area contributed by atoms with Gasteiger partial charge in [-0.05, 0) is 13.8 Å². The average molecular weight is 218 g/mol. The molecule has 0 radical (unpaired) electrons. The largest absolute Gasteiger partial charge is 0.425 e. The van der Waals surface area contributed by atoms with E-state index in [0.29, 0.717) is 0 Å². The Kier molecular flexibility index (Phi) is 6.70. The molecule has 1 unspecified atom stereocenters. The monoisotopic (exact) mass is 218 g/mol. The molecule has 15 heavy (non-hydrogen) atoms. The molecular weight excluding hydrogens is 200 g/mol. The number of carbonyl (C=O) groups is 2. The first-order valence-corrected chi connectivity index (χ1v) is 4.96. The first-order valence-electron chi connectivity index (χ1n) is 4.96. The summed E-state index contributed by atoms with van der Waals surface area (Å²) in [4.78, 5) is 21.9. The Morgan fingerprint density at radius 3 is 2.07 bits per heavy atom. The van der Waals surface area contributed by atoms with Gasteiger partial charge < -0.3 is 14.2 Å². The van der Waals surface area contributed by atoms with Crippen LogP contribution < -0.4 is 0 Å². The predicted octanol–water partition coefficient (Wildman–Crippen LogP) is 1.25.